The van der Waals surface area contributed by atoms with Gasteiger partial charge in [-0.15, -0.1) is 0 Å². The van der Waals surface area contributed by atoms with E-state index in [1.54, 1.807) is 6.20 Å². The minimum atomic E-state index is 0.0583. The third kappa shape index (κ3) is 2.70. The molecule has 0 aromatic carbocycles. The Morgan fingerprint density at radius 3 is 2.72 bits per heavy atom. The highest BCUT2D eigenvalue weighted by atomic mass is 15.2. The van der Waals surface area contributed by atoms with Crippen LogP contribution in [0.25, 0.3) is 0 Å². The van der Waals surface area contributed by atoms with Gasteiger partial charge in [-0.3, -0.25) is 15.3 Å². The Morgan fingerprint density at radius 2 is 2.11 bits per heavy atom. The van der Waals surface area contributed by atoms with E-state index < -0.39 is 0 Å². The van der Waals surface area contributed by atoms with E-state index in [-0.39, 0.29) is 5.84 Å². The Labute approximate surface area is 109 Å². The van der Waals surface area contributed by atoms with Crippen LogP contribution in [0, 0.1) is 5.41 Å². The van der Waals surface area contributed by atoms with E-state index in [9.17, 15) is 0 Å². The van der Waals surface area contributed by atoms with E-state index in [0.717, 1.165) is 12.1 Å². The summed E-state index contributed by atoms with van der Waals surface area (Å²) in [7, 11) is 0. The number of hydrogen-bond donors (Lipinski definition) is 2. The fraction of sp³-hybridized carbons (Fsp3) is 0.571. The Balaban J connectivity index is 2.20. The predicted octanol–water partition coefficient (Wildman–Crippen LogP) is 2.13. The number of nitrogens with zero attached hydrogens (tertiary/aromatic N) is 2. The van der Waals surface area contributed by atoms with Crippen LogP contribution in [0.15, 0.2) is 18.3 Å². The standard InChI is InChI=1S/C14H22N4/c1-10-5-3-6-11(2)18(10)9-12-7-4-8-17-13(12)14(15)16/h4,7-8,10-11H,3,5-6,9H2,1-2H3,(H3,15,16). The molecule has 0 saturated carbocycles. The minimum absolute atomic E-state index is 0.0583. The summed E-state index contributed by atoms with van der Waals surface area (Å²) in [5, 5.41) is 7.59. The predicted molar refractivity (Wildman–Crippen MR) is 73.6 cm³/mol. The molecular weight excluding hydrogens is 224 g/mol. The Hall–Kier alpha value is -1.42. The van der Waals surface area contributed by atoms with Gasteiger partial charge in [-0.25, -0.2) is 0 Å². The molecule has 2 atom stereocenters. The maximum absolute atomic E-state index is 7.59. The molecule has 4 nitrogen and oxygen atoms in total. The summed E-state index contributed by atoms with van der Waals surface area (Å²) < 4.78 is 0. The third-order valence-electron chi connectivity index (χ3n) is 3.88. The molecule has 1 aliphatic heterocycles. The van der Waals surface area contributed by atoms with Gasteiger partial charge in [-0.1, -0.05) is 12.5 Å². The highest BCUT2D eigenvalue weighted by Gasteiger charge is 2.25. The van der Waals surface area contributed by atoms with Crippen LogP contribution in [0.4, 0.5) is 0 Å². The monoisotopic (exact) mass is 246 g/mol. The second kappa shape index (κ2) is 5.48. The first kappa shape index (κ1) is 13.0. The van der Waals surface area contributed by atoms with E-state index in [1.807, 2.05) is 12.1 Å². The first-order valence-corrected chi connectivity index (χ1v) is 6.63. The summed E-state index contributed by atoms with van der Waals surface area (Å²) in [5.41, 5.74) is 7.28. The molecule has 4 heteroatoms. The number of aromatic nitrogens is 1. The third-order valence-corrected chi connectivity index (χ3v) is 3.88. The van der Waals surface area contributed by atoms with Crippen LogP contribution in [0.1, 0.15) is 44.4 Å². The molecule has 1 aromatic rings. The van der Waals surface area contributed by atoms with Gasteiger partial charge in [0, 0.05) is 24.8 Å². The van der Waals surface area contributed by atoms with Crippen molar-refractivity contribution in [1.29, 1.82) is 5.41 Å². The first-order valence-electron chi connectivity index (χ1n) is 6.63. The van der Waals surface area contributed by atoms with Gasteiger partial charge in [0.1, 0.15) is 11.5 Å². The molecule has 1 fully saturated rings. The highest BCUT2D eigenvalue weighted by molar-refractivity contribution is 5.94. The SMILES string of the molecule is CC1CCCC(C)N1Cc1cccnc1C(=N)N. The average Bonchev–Trinajstić information content (AvgIpc) is 2.34. The number of hydrogen-bond acceptors (Lipinski definition) is 3. The van der Waals surface area contributed by atoms with E-state index >= 15 is 0 Å². The summed E-state index contributed by atoms with van der Waals surface area (Å²) in [6, 6.07) is 5.13. The molecule has 0 bridgehead atoms. The molecular formula is C14H22N4. The van der Waals surface area contributed by atoms with Crippen molar-refractivity contribution in [1.82, 2.24) is 9.88 Å². The van der Waals surface area contributed by atoms with Crippen LogP contribution in [0.3, 0.4) is 0 Å². The van der Waals surface area contributed by atoms with Crippen LogP contribution in [-0.4, -0.2) is 27.8 Å². The van der Waals surface area contributed by atoms with E-state index in [0.29, 0.717) is 17.8 Å². The molecule has 0 amide bonds. The van der Waals surface area contributed by atoms with Crippen molar-refractivity contribution < 1.29 is 0 Å². The maximum Gasteiger partial charge on any atom is 0.142 e. The Bertz CT molecular complexity index is 420. The van der Waals surface area contributed by atoms with Gasteiger partial charge in [0.15, 0.2) is 0 Å². The van der Waals surface area contributed by atoms with E-state index in [1.165, 1.54) is 19.3 Å². The van der Waals surface area contributed by atoms with Crippen LogP contribution >= 0.6 is 0 Å². The number of amidine groups is 1. The van der Waals surface area contributed by atoms with Crippen molar-refractivity contribution >= 4 is 5.84 Å². The molecule has 0 spiro atoms. The number of rotatable bonds is 3. The second-order valence-corrected chi connectivity index (χ2v) is 5.23. The molecule has 1 aliphatic rings. The molecule has 18 heavy (non-hydrogen) atoms. The van der Waals surface area contributed by atoms with E-state index in [2.05, 4.69) is 23.7 Å². The lowest BCUT2D eigenvalue weighted by Crippen LogP contribution is -2.43. The number of nitrogens with one attached hydrogen (secondary N) is 1. The van der Waals surface area contributed by atoms with Crippen LogP contribution in [0.5, 0.6) is 0 Å². The van der Waals surface area contributed by atoms with Crippen molar-refractivity contribution in [3.05, 3.63) is 29.6 Å². The minimum Gasteiger partial charge on any atom is -0.382 e. The van der Waals surface area contributed by atoms with Crippen LogP contribution < -0.4 is 5.73 Å². The summed E-state index contributed by atoms with van der Waals surface area (Å²) in [6.45, 7) is 5.39. The summed E-state index contributed by atoms with van der Waals surface area (Å²) >= 11 is 0. The average molecular weight is 246 g/mol. The zero-order valence-electron chi connectivity index (χ0n) is 11.2. The normalized spacial score (nSPS) is 25.0. The number of piperidine rings is 1. The zero-order valence-corrected chi connectivity index (χ0v) is 11.2. The molecule has 2 heterocycles. The lowest BCUT2D eigenvalue weighted by atomic mass is 9.96. The second-order valence-electron chi connectivity index (χ2n) is 5.23. The number of likely N-dealkylation sites (tertiary alicyclic amines) is 1. The molecule has 1 saturated heterocycles. The van der Waals surface area contributed by atoms with Crippen molar-refractivity contribution in [2.75, 3.05) is 0 Å². The quantitative estimate of drug-likeness (QED) is 0.634. The number of nitrogen functional groups attached to an aromatic ring is 1. The smallest absolute Gasteiger partial charge is 0.142 e. The molecule has 3 N–H and O–H groups in total. The van der Waals surface area contributed by atoms with Crippen molar-refractivity contribution in [2.45, 2.75) is 51.7 Å². The topological polar surface area (TPSA) is 66.0 Å². The fourth-order valence-electron chi connectivity index (χ4n) is 2.79. The maximum atomic E-state index is 7.59. The summed E-state index contributed by atoms with van der Waals surface area (Å²) in [5.74, 6) is 0.0583. The van der Waals surface area contributed by atoms with Gasteiger partial charge in [0.25, 0.3) is 0 Å². The number of nitrogens with two attached hydrogens (primary N) is 1. The van der Waals surface area contributed by atoms with Gasteiger partial charge in [-0.05, 0) is 38.3 Å². The van der Waals surface area contributed by atoms with Crippen molar-refractivity contribution in [3.63, 3.8) is 0 Å². The Morgan fingerprint density at radius 1 is 1.44 bits per heavy atom. The van der Waals surface area contributed by atoms with Gasteiger partial charge < -0.3 is 5.73 Å². The van der Waals surface area contributed by atoms with Gasteiger partial charge in [0.05, 0.1) is 0 Å². The molecule has 1 aromatic heterocycles. The van der Waals surface area contributed by atoms with Crippen molar-refractivity contribution in [2.24, 2.45) is 5.73 Å². The lowest BCUT2D eigenvalue weighted by molar-refractivity contribution is 0.0951. The van der Waals surface area contributed by atoms with Gasteiger partial charge >= 0.3 is 0 Å². The highest BCUT2D eigenvalue weighted by Crippen LogP contribution is 2.25. The van der Waals surface area contributed by atoms with Gasteiger partial charge in [-0.2, -0.15) is 0 Å². The van der Waals surface area contributed by atoms with Crippen LogP contribution in [-0.2, 0) is 6.54 Å². The van der Waals surface area contributed by atoms with Crippen molar-refractivity contribution in [3.8, 4) is 0 Å². The summed E-state index contributed by atoms with van der Waals surface area (Å²) in [6.07, 6.45) is 5.51. The van der Waals surface area contributed by atoms with Gasteiger partial charge in [0.2, 0.25) is 0 Å². The molecule has 2 unspecified atom stereocenters. The molecule has 98 valence electrons. The first-order chi connectivity index (χ1) is 8.59. The zero-order chi connectivity index (χ0) is 13.1. The lowest BCUT2D eigenvalue weighted by Gasteiger charge is -2.39. The molecule has 2 rings (SSSR count). The summed E-state index contributed by atoms with van der Waals surface area (Å²) in [4.78, 5) is 6.71. The largest absolute Gasteiger partial charge is 0.382 e. The van der Waals surface area contributed by atoms with Crippen LogP contribution in [0.2, 0.25) is 0 Å². The molecule has 0 aliphatic carbocycles. The fourth-order valence-corrected chi connectivity index (χ4v) is 2.79. The number of pyridine rings is 1. The van der Waals surface area contributed by atoms with E-state index in [4.69, 9.17) is 11.1 Å². The molecule has 0 radical (unpaired) electrons. The Kier molecular flexibility index (Phi) is 3.97.